The lowest BCUT2D eigenvalue weighted by Gasteiger charge is -2.15. The molecular weight excluding hydrogens is 382 g/mol. The molecule has 28 heavy (non-hydrogen) atoms. The van der Waals surface area contributed by atoms with Crippen molar-refractivity contribution in [3.8, 4) is 0 Å². The number of carbonyl (C=O) groups is 1. The van der Waals surface area contributed by atoms with Crippen molar-refractivity contribution in [3.63, 3.8) is 0 Å². The number of hydrogen-bond acceptors (Lipinski definition) is 4. The fourth-order valence-corrected chi connectivity index (χ4v) is 3.55. The van der Waals surface area contributed by atoms with E-state index >= 15 is 0 Å². The van der Waals surface area contributed by atoms with Crippen LogP contribution in [0, 0.1) is 18.6 Å². The Bertz CT molecular complexity index is 962. The molecule has 1 heterocycles. The fraction of sp³-hybridized carbons (Fsp3) is 0.250. The molecule has 0 aliphatic heterocycles. The summed E-state index contributed by atoms with van der Waals surface area (Å²) in [6.07, 6.45) is 0. The highest BCUT2D eigenvalue weighted by Crippen LogP contribution is 2.20. The van der Waals surface area contributed by atoms with E-state index in [4.69, 9.17) is 0 Å². The summed E-state index contributed by atoms with van der Waals surface area (Å²) in [5.41, 5.74) is 1.35. The van der Waals surface area contributed by atoms with Crippen LogP contribution >= 0.6 is 11.8 Å². The van der Waals surface area contributed by atoms with Gasteiger partial charge in [-0.15, -0.1) is 10.2 Å². The van der Waals surface area contributed by atoms with E-state index < -0.39 is 17.7 Å². The fourth-order valence-electron chi connectivity index (χ4n) is 2.76. The van der Waals surface area contributed by atoms with Crippen molar-refractivity contribution in [1.82, 2.24) is 20.1 Å². The maximum atomic E-state index is 13.8. The largest absolute Gasteiger partial charge is 0.349 e. The Hall–Kier alpha value is -2.74. The molecule has 0 aliphatic rings. The van der Waals surface area contributed by atoms with Gasteiger partial charge in [0.2, 0.25) is 5.91 Å². The van der Waals surface area contributed by atoms with Gasteiger partial charge in [-0.25, -0.2) is 8.78 Å². The van der Waals surface area contributed by atoms with E-state index in [1.807, 2.05) is 41.8 Å². The van der Waals surface area contributed by atoms with Crippen LogP contribution in [0.1, 0.15) is 29.9 Å². The highest BCUT2D eigenvalue weighted by atomic mass is 32.2. The maximum Gasteiger partial charge on any atom is 0.230 e. The number of thioether (sulfide) groups is 1. The standard InChI is InChI=1S/C20H20F2N4OS/c1-13(17-9-8-16(21)10-18(17)22)23-19(27)12-28-20-25-24-14(2)26(20)11-15-6-4-3-5-7-15/h3-10,13H,11-12H2,1-2H3,(H,23,27). The first-order valence-electron chi connectivity index (χ1n) is 8.75. The van der Waals surface area contributed by atoms with Crippen molar-refractivity contribution < 1.29 is 13.6 Å². The molecule has 1 unspecified atom stereocenters. The van der Waals surface area contributed by atoms with E-state index in [-0.39, 0.29) is 17.2 Å². The molecule has 0 fully saturated rings. The van der Waals surface area contributed by atoms with E-state index in [1.165, 1.54) is 23.9 Å². The summed E-state index contributed by atoms with van der Waals surface area (Å²) in [4.78, 5) is 12.3. The van der Waals surface area contributed by atoms with Gasteiger partial charge in [0, 0.05) is 11.6 Å². The number of hydrogen-bond donors (Lipinski definition) is 1. The zero-order valence-corrected chi connectivity index (χ0v) is 16.3. The SMILES string of the molecule is Cc1nnc(SCC(=O)NC(C)c2ccc(F)cc2F)n1Cc1ccccc1. The van der Waals surface area contributed by atoms with E-state index in [0.29, 0.717) is 11.7 Å². The van der Waals surface area contributed by atoms with Crippen molar-refractivity contribution in [2.75, 3.05) is 5.75 Å². The summed E-state index contributed by atoms with van der Waals surface area (Å²) in [6, 6.07) is 12.6. The second-order valence-electron chi connectivity index (χ2n) is 6.35. The molecule has 0 spiro atoms. The molecule has 8 heteroatoms. The summed E-state index contributed by atoms with van der Waals surface area (Å²) in [5.74, 6) is -0.733. The molecule has 0 bridgehead atoms. The van der Waals surface area contributed by atoms with Gasteiger partial charge in [-0.2, -0.15) is 0 Å². The molecule has 2 aromatic carbocycles. The van der Waals surface area contributed by atoms with E-state index in [9.17, 15) is 13.6 Å². The minimum absolute atomic E-state index is 0.111. The highest BCUT2D eigenvalue weighted by molar-refractivity contribution is 7.99. The van der Waals surface area contributed by atoms with Crippen LogP contribution in [0.5, 0.6) is 0 Å². The van der Waals surface area contributed by atoms with Gasteiger partial charge in [-0.1, -0.05) is 48.2 Å². The molecule has 0 saturated heterocycles. The minimum Gasteiger partial charge on any atom is -0.349 e. The summed E-state index contributed by atoms with van der Waals surface area (Å²) < 4.78 is 28.8. The van der Waals surface area contributed by atoms with Crippen LogP contribution in [0.25, 0.3) is 0 Å². The first-order chi connectivity index (χ1) is 13.4. The second-order valence-corrected chi connectivity index (χ2v) is 7.29. The number of nitrogens with zero attached hydrogens (tertiary/aromatic N) is 3. The lowest BCUT2D eigenvalue weighted by Crippen LogP contribution is -2.29. The Morgan fingerprint density at radius 1 is 1.18 bits per heavy atom. The average molecular weight is 402 g/mol. The maximum absolute atomic E-state index is 13.8. The molecule has 0 radical (unpaired) electrons. The molecular formula is C20H20F2N4OS. The zero-order valence-electron chi connectivity index (χ0n) is 15.5. The predicted molar refractivity (Wildman–Crippen MR) is 104 cm³/mol. The number of benzene rings is 2. The van der Waals surface area contributed by atoms with Crippen molar-refractivity contribution in [1.29, 1.82) is 0 Å². The van der Waals surface area contributed by atoms with Gasteiger partial charge in [0.25, 0.3) is 0 Å². The van der Waals surface area contributed by atoms with Gasteiger partial charge in [0.05, 0.1) is 18.3 Å². The lowest BCUT2D eigenvalue weighted by molar-refractivity contribution is -0.119. The first kappa shape index (κ1) is 20.0. The predicted octanol–water partition coefficient (Wildman–Crippen LogP) is 3.88. The second kappa shape index (κ2) is 8.97. The van der Waals surface area contributed by atoms with E-state index in [0.717, 1.165) is 17.5 Å². The Labute approximate surface area is 166 Å². The van der Waals surface area contributed by atoms with Gasteiger partial charge >= 0.3 is 0 Å². The molecule has 0 aliphatic carbocycles. The summed E-state index contributed by atoms with van der Waals surface area (Å²) in [5, 5.41) is 11.6. The van der Waals surface area contributed by atoms with Crippen molar-refractivity contribution in [2.24, 2.45) is 0 Å². The van der Waals surface area contributed by atoms with Gasteiger partial charge in [0.1, 0.15) is 17.5 Å². The van der Waals surface area contributed by atoms with E-state index in [1.54, 1.807) is 6.92 Å². The molecule has 5 nitrogen and oxygen atoms in total. The lowest BCUT2D eigenvalue weighted by atomic mass is 10.1. The quantitative estimate of drug-likeness (QED) is 0.610. The average Bonchev–Trinajstić information content (AvgIpc) is 3.00. The molecule has 1 N–H and O–H groups in total. The van der Waals surface area contributed by atoms with Crippen molar-refractivity contribution in [3.05, 3.63) is 77.1 Å². The van der Waals surface area contributed by atoms with Crippen molar-refractivity contribution >= 4 is 17.7 Å². The molecule has 1 amide bonds. The van der Waals surface area contributed by atoms with Crippen LogP contribution in [-0.4, -0.2) is 26.4 Å². The molecule has 3 rings (SSSR count). The third-order valence-electron chi connectivity index (χ3n) is 4.22. The van der Waals surface area contributed by atoms with Crippen molar-refractivity contribution in [2.45, 2.75) is 31.6 Å². The normalized spacial score (nSPS) is 12.0. The topological polar surface area (TPSA) is 59.8 Å². The Morgan fingerprint density at radius 3 is 2.64 bits per heavy atom. The molecule has 0 saturated carbocycles. The smallest absolute Gasteiger partial charge is 0.230 e. The van der Waals surface area contributed by atoms with Crippen LogP contribution in [-0.2, 0) is 11.3 Å². The van der Waals surface area contributed by atoms with Gasteiger partial charge < -0.3 is 9.88 Å². The summed E-state index contributed by atoms with van der Waals surface area (Å²) in [6.45, 7) is 4.13. The minimum atomic E-state index is -0.682. The molecule has 146 valence electrons. The number of aryl methyl sites for hydroxylation is 1. The number of rotatable bonds is 7. The molecule has 3 aromatic rings. The van der Waals surface area contributed by atoms with Crippen LogP contribution in [0.4, 0.5) is 8.78 Å². The summed E-state index contributed by atoms with van der Waals surface area (Å²) >= 11 is 1.26. The Kier molecular flexibility index (Phi) is 6.41. The van der Waals surface area contributed by atoms with Crippen LogP contribution < -0.4 is 5.32 Å². The van der Waals surface area contributed by atoms with Gasteiger partial charge in [0.15, 0.2) is 5.16 Å². The monoisotopic (exact) mass is 402 g/mol. The number of aromatic nitrogens is 3. The number of nitrogens with one attached hydrogen (secondary N) is 1. The third kappa shape index (κ3) is 4.95. The number of amides is 1. The Balaban J connectivity index is 1.60. The molecule has 1 aromatic heterocycles. The highest BCUT2D eigenvalue weighted by Gasteiger charge is 2.16. The van der Waals surface area contributed by atoms with Gasteiger partial charge in [-0.05, 0) is 25.5 Å². The summed E-state index contributed by atoms with van der Waals surface area (Å²) in [7, 11) is 0. The van der Waals surface area contributed by atoms with E-state index in [2.05, 4.69) is 15.5 Å². The number of carbonyl (C=O) groups excluding carboxylic acids is 1. The third-order valence-corrected chi connectivity index (χ3v) is 5.19. The molecule has 1 atom stereocenters. The van der Waals surface area contributed by atoms with Crippen LogP contribution in [0.3, 0.4) is 0 Å². The Morgan fingerprint density at radius 2 is 1.93 bits per heavy atom. The first-order valence-corrected chi connectivity index (χ1v) is 9.73. The van der Waals surface area contributed by atoms with Crippen LogP contribution in [0.2, 0.25) is 0 Å². The van der Waals surface area contributed by atoms with Crippen LogP contribution in [0.15, 0.2) is 53.7 Å². The van der Waals surface area contributed by atoms with Gasteiger partial charge in [-0.3, -0.25) is 4.79 Å². The number of halogens is 2. The zero-order chi connectivity index (χ0) is 20.1.